The quantitative estimate of drug-likeness (QED) is 0.645. The Balaban J connectivity index is 2.09. The van der Waals surface area contributed by atoms with Crippen molar-refractivity contribution in [2.45, 2.75) is 19.0 Å². The molecule has 0 amide bonds. The van der Waals surface area contributed by atoms with Gasteiger partial charge in [0.05, 0.1) is 0 Å². The molecule has 0 aromatic rings. The van der Waals surface area contributed by atoms with Gasteiger partial charge in [0.2, 0.25) is 0 Å². The van der Waals surface area contributed by atoms with Gasteiger partial charge in [-0.15, -0.1) is 5.06 Å². The molecule has 0 spiro atoms. The fraction of sp³-hybridized carbons (Fsp3) is 0.875. The second-order valence-corrected chi connectivity index (χ2v) is 5.55. The van der Waals surface area contributed by atoms with Crippen molar-refractivity contribution in [2.75, 3.05) is 19.6 Å². The minimum atomic E-state index is -5.00. The van der Waals surface area contributed by atoms with Gasteiger partial charge in [-0.2, -0.15) is 21.6 Å². The highest BCUT2D eigenvalue weighted by Crippen LogP contribution is 2.24. The molecule has 1 rings (SSSR count). The van der Waals surface area contributed by atoms with E-state index < -0.39 is 22.4 Å². The molecule has 19 heavy (non-hydrogen) atoms. The van der Waals surface area contributed by atoms with Gasteiger partial charge in [0.25, 0.3) is 10.2 Å². The Labute approximate surface area is 108 Å². The summed E-state index contributed by atoms with van der Waals surface area (Å²) in [6.45, 7) is 0.575. The molecule has 3 N–H and O–H groups in total. The number of nitrogens with one attached hydrogen (secondary N) is 1. The van der Waals surface area contributed by atoms with E-state index in [-0.39, 0.29) is 25.6 Å². The Bertz CT molecular complexity index is 419. The summed E-state index contributed by atoms with van der Waals surface area (Å²) >= 11 is 0. The van der Waals surface area contributed by atoms with Crippen LogP contribution in [-0.4, -0.2) is 45.3 Å². The van der Waals surface area contributed by atoms with Crippen LogP contribution >= 0.6 is 0 Å². The Hall–Kier alpha value is -0.910. The van der Waals surface area contributed by atoms with Crippen LogP contribution in [0.1, 0.15) is 12.8 Å². The first-order valence-electron chi connectivity index (χ1n) is 5.39. The summed E-state index contributed by atoms with van der Waals surface area (Å²) in [6, 6.07) is 0. The van der Waals surface area contributed by atoms with Crippen molar-refractivity contribution in [3.05, 3.63) is 0 Å². The normalized spacial score (nSPS) is 18.1. The highest BCUT2D eigenvalue weighted by molar-refractivity contribution is 7.87. The average Bonchev–Trinajstić information content (AvgIpc) is 2.16. The fourth-order valence-electron chi connectivity index (χ4n) is 1.55. The first kappa shape index (κ1) is 16.1. The van der Waals surface area contributed by atoms with E-state index >= 15 is 0 Å². The Morgan fingerprint density at radius 1 is 1.42 bits per heavy atom. The van der Waals surface area contributed by atoms with Gasteiger partial charge in [0.1, 0.15) is 0 Å². The monoisotopic (exact) mass is 305 g/mol. The summed E-state index contributed by atoms with van der Waals surface area (Å²) in [6.07, 6.45) is -3.89. The Morgan fingerprint density at radius 3 is 2.47 bits per heavy atom. The summed E-state index contributed by atoms with van der Waals surface area (Å²) in [5.74, 6) is -2.16. The third kappa shape index (κ3) is 6.18. The van der Waals surface area contributed by atoms with Crippen LogP contribution in [0.2, 0.25) is 0 Å². The molecule has 0 atom stereocenters. The second kappa shape index (κ2) is 6.03. The summed E-state index contributed by atoms with van der Waals surface area (Å²) in [5.41, 5.74) is 0. The summed E-state index contributed by atoms with van der Waals surface area (Å²) < 4.78 is 58.7. The number of carbonyl (C=O) groups excluding carboxylic acids is 1. The van der Waals surface area contributed by atoms with E-state index in [9.17, 15) is 26.4 Å². The van der Waals surface area contributed by atoms with Crippen LogP contribution in [0.15, 0.2) is 0 Å². The number of nitrogens with two attached hydrogens (primary N) is 1. The third-order valence-corrected chi connectivity index (χ3v) is 3.07. The highest BCUT2D eigenvalue weighted by atomic mass is 32.2. The number of hydrogen-bond acceptors (Lipinski definition) is 5. The largest absolute Gasteiger partial charge is 0.492 e. The first-order chi connectivity index (χ1) is 8.58. The van der Waals surface area contributed by atoms with E-state index in [1.165, 1.54) is 0 Å². The molecule has 0 aromatic heterocycles. The zero-order valence-corrected chi connectivity index (χ0v) is 10.6. The first-order valence-corrected chi connectivity index (χ1v) is 6.94. The lowest BCUT2D eigenvalue weighted by Gasteiger charge is -2.37. The number of hydroxylamine groups is 2. The molecule has 0 bridgehead atoms. The van der Waals surface area contributed by atoms with Gasteiger partial charge in [0, 0.05) is 19.6 Å². The standard InChI is InChI=1S/C8H14F3N3O4S/c9-8(10,11)7(15)18-14-4-6(5-14)2-1-3-13-19(12,16)17/h6,13H,1-5H2,(H2,12,16,17). The fourth-order valence-corrected chi connectivity index (χ4v) is 1.98. The van der Waals surface area contributed by atoms with E-state index in [1.54, 1.807) is 0 Å². The molecule has 1 aliphatic heterocycles. The molecule has 112 valence electrons. The summed E-state index contributed by atoms with van der Waals surface area (Å²) in [4.78, 5) is 14.5. The molecule has 0 radical (unpaired) electrons. The Kier molecular flexibility index (Phi) is 5.12. The maximum absolute atomic E-state index is 11.8. The van der Waals surface area contributed by atoms with Crippen molar-refractivity contribution in [1.82, 2.24) is 9.79 Å². The number of rotatable bonds is 6. The molecule has 11 heteroatoms. The number of carbonyl (C=O) groups is 1. The Morgan fingerprint density at radius 2 is 2.00 bits per heavy atom. The SMILES string of the molecule is NS(=O)(=O)NCCCC1CN(OC(=O)C(F)(F)F)C1. The number of alkyl halides is 3. The van der Waals surface area contributed by atoms with Gasteiger partial charge in [-0.05, 0) is 18.8 Å². The van der Waals surface area contributed by atoms with Crippen molar-refractivity contribution in [3.8, 4) is 0 Å². The van der Waals surface area contributed by atoms with Crippen LogP contribution in [0.4, 0.5) is 13.2 Å². The van der Waals surface area contributed by atoms with Crippen molar-refractivity contribution in [1.29, 1.82) is 0 Å². The minimum absolute atomic E-state index is 0.0725. The van der Waals surface area contributed by atoms with Crippen molar-refractivity contribution in [3.63, 3.8) is 0 Å². The van der Waals surface area contributed by atoms with Gasteiger partial charge in [-0.1, -0.05) is 0 Å². The molecular formula is C8H14F3N3O4S. The van der Waals surface area contributed by atoms with Gasteiger partial charge < -0.3 is 4.84 Å². The van der Waals surface area contributed by atoms with Gasteiger partial charge >= 0.3 is 12.1 Å². The second-order valence-electron chi connectivity index (χ2n) is 4.17. The van der Waals surface area contributed by atoms with Gasteiger partial charge in [-0.3, -0.25) is 0 Å². The van der Waals surface area contributed by atoms with Crippen LogP contribution in [0.25, 0.3) is 0 Å². The minimum Gasteiger partial charge on any atom is -0.361 e. The molecular weight excluding hydrogens is 291 g/mol. The van der Waals surface area contributed by atoms with Gasteiger partial charge in [0.15, 0.2) is 0 Å². The molecule has 1 aliphatic rings. The molecule has 0 aromatic carbocycles. The van der Waals surface area contributed by atoms with E-state index in [0.29, 0.717) is 12.8 Å². The van der Waals surface area contributed by atoms with E-state index in [4.69, 9.17) is 5.14 Å². The van der Waals surface area contributed by atoms with Crippen LogP contribution in [0.5, 0.6) is 0 Å². The topological polar surface area (TPSA) is 102 Å². The van der Waals surface area contributed by atoms with E-state index in [1.807, 2.05) is 0 Å². The number of halogens is 3. The molecule has 1 fully saturated rings. The molecule has 0 aliphatic carbocycles. The molecule has 7 nitrogen and oxygen atoms in total. The summed E-state index contributed by atoms with van der Waals surface area (Å²) in [5, 5.41) is 5.63. The lowest BCUT2D eigenvalue weighted by Crippen LogP contribution is -2.49. The maximum Gasteiger partial charge on any atom is 0.492 e. The average molecular weight is 305 g/mol. The van der Waals surface area contributed by atoms with Crippen LogP contribution in [0.3, 0.4) is 0 Å². The highest BCUT2D eigenvalue weighted by Gasteiger charge is 2.44. The lowest BCUT2D eigenvalue weighted by molar-refractivity contribution is -0.258. The molecule has 0 saturated carbocycles. The van der Waals surface area contributed by atoms with Crippen molar-refractivity contribution >= 4 is 16.2 Å². The zero-order valence-electron chi connectivity index (χ0n) is 9.81. The maximum atomic E-state index is 11.8. The smallest absolute Gasteiger partial charge is 0.361 e. The summed E-state index contributed by atoms with van der Waals surface area (Å²) in [7, 11) is -3.71. The number of hydrogen-bond donors (Lipinski definition) is 2. The van der Waals surface area contributed by atoms with Crippen LogP contribution in [-0.2, 0) is 19.8 Å². The predicted molar refractivity (Wildman–Crippen MR) is 57.6 cm³/mol. The van der Waals surface area contributed by atoms with Crippen molar-refractivity contribution in [2.24, 2.45) is 11.1 Å². The van der Waals surface area contributed by atoms with Crippen LogP contribution in [0, 0.1) is 5.92 Å². The number of nitrogens with zero attached hydrogens (tertiary/aromatic N) is 1. The van der Waals surface area contributed by atoms with E-state index in [0.717, 1.165) is 5.06 Å². The predicted octanol–water partition coefficient (Wildman–Crippen LogP) is -0.488. The van der Waals surface area contributed by atoms with Gasteiger partial charge in [-0.25, -0.2) is 14.7 Å². The lowest BCUT2D eigenvalue weighted by atomic mass is 9.97. The third-order valence-electron chi connectivity index (χ3n) is 2.46. The molecule has 1 heterocycles. The van der Waals surface area contributed by atoms with Crippen molar-refractivity contribution < 1.29 is 31.2 Å². The molecule has 0 unspecified atom stereocenters. The zero-order chi connectivity index (χ0) is 14.7. The molecule has 1 saturated heterocycles. The van der Waals surface area contributed by atoms with E-state index in [2.05, 4.69) is 9.56 Å². The van der Waals surface area contributed by atoms with Crippen LogP contribution < -0.4 is 9.86 Å².